The molecule has 0 aromatic rings. The van der Waals surface area contributed by atoms with E-state index in [-0.39, 0.29) is 0 Å². The molecule has 1 saturated heterocycles. The van der Waals surface area contributed by atoms with Gasteiger partial charge in [0.2, 0.25) is 0 Å². The average Bonchev–Trinajstić information content (AvgIpc) is 2.53. The van der Waals surface area contributed by atoms with Crippen LogP contribution in [-0.2, 0) is 4.74 Å². The summed E-state index contributed by atoms with van der Waals surface area (Å²) in [7, 11) is 0. The Hall–Kier alpha value is -0.120. The van der Waals surface area contributed by atoms with Gasteiger partial charge in [-0.05, 0) is 79.1 Å². The summed E-state index contributed by atoms with van der Waals surface area (Å²) in [5.74, 6) is 0.946. The molecule has 0 radical (unpaired) electrons. The van der Waals surface area contributed by atoms with Gasteiger partial charge in [0.25, 0.3) is 0 Å². The Kier molecular flexibility index (Phi) is 7.84. The largest absolute Gasteiger partial charge is 0.376 e. The second kappa shape index (κ2) is 9.39. The molecule has 2 fully saturated rings. The van der Waals surface area contributed by atoms with E-state index in [0.29, 0.717) is 18.2 Å². The molecule has 136 valence electrons. The maximum Gasteiger partial charge on any atom is 0.0578 e. The van der Waals surface area contributed by atoms with Crippen molar-refractivity contribution in [1.29, 1.82) is 0 Å². The molecular formula is C20H40N2O. The minimum atomic E-state index is 0.390. The molecule has 1 aliphatic carbocycles. The SMILES string of the molecule is CC(C)OC1CCC(CC[C@@H](C)N2CCN(C(C)C)CC2)CC1. The molecule has 2 rings (SSSR count). The van der Waals surface area contributed by atoms with Gasteiger partial charge in [0, 0.05) is 38.3 Å². The topological polar surface area (TPSA) is 15.7 Å². The summed E-state index contributed by atoms with van der Waals surface area (Å²) in [4.78, 5) is 5.33. The van der Waals surface area contributed by atoms with Crippen molar-refractivity contribution in [2.24, 2.45) is 5.92 Å². The van der Waals surface area contributed by atoms with Crippen LogP contribution < -0.4 is 0 Å². The van der Waals surface area contributed by atoms with Crippen molar-refractivity contribution in [1.82, 2.24) is 9.80 Å². The third-order valence-electron chi connectivity index (χ3n) is 5.95. The van der Waals surface area contributed by atoms with Crippen LogP contribution in [0.4, 0.5) is 0 Å². The molecule has 1 heterocycles. The third-order valence-corrected chi connectivity index (χ3v) is 5.95. The highest BCUT2D eigenvalue weighted by Crippen LogP contribution is 2.30. The lowest BCUT2D eigenvalue weighted by atomic mass is 9.83. The fourth-order valence-electron chi connectivity index (χ4n) is 4.30. The zero-order valence-corrected chi connectivity index (χ0v) is 16.3. The summed E-state index contributed by atoms with van der Waals surface area (Å²) in [5, 5.41) is 0. The first-order valence-electron chi connectivity index (χ1n) is 10.1. The van der Waals surface area contributed by atoms with Crippen molar-refractivity contribution >= 4 is 0 Å². The summed E-state index contributed by atoms with van der Waals surface area (Å²) in [6.45, 7) is 16.4. The molecule has 0 aromatic heterocycles. The van der Waals surface area contributed by atoms with E-state index in [9.17, 15) is 0 Å². The van der Waals surface area contributed by atoms with Crippen molar-refractivity contribution in [2.75, 3.05) is 26.2 Å². The average molecular weight is 325 g/mol. The molecule has 0 amide bonds. The first-order valence-corrected chi connectivity index (χ1v) is 10.1. The summed E-state index contributed by atoms with van der Waals surface area (Å²) >= 11 is 0. The zero-order chi connectivity index (χ0) is 16.8. The molecule has 23 heavy (non-hydrogen) atoms. The van der Waals surface area contributed by atoms with Crippen LogP contribution in [0.15, 0.2) is 0 Å². The Labute approximate surface area is 144 Å². The van der Waals surface area contributed by atoms with Gasteiger partial charge in [-0.25, -0.2) is 0 Å². The zero-order valence-electron chi connectivity index (χ0n) is 16.3. The predicted octanol–water partition coefficient (Wildman–Crippen LogP) is 4.16. The summed E-state index contributed by atoms with van der Waals surface area (Å²) in [5.41, 5.74) is 0. The van der Waals surface area contributed by atoms with Crippen molar-refractivity contribution in [3.8, 4) is 0 Å². The van der Waals surface area contributed by atoms with Crippen LogP contribution in [0.2, 0.25) is 0 Å². The van der Waals surface area contributed by atoms with E-state index in [1.807, 2.05) is 0 Å². The van der Waals surface area contributed by atoms with Gasteiger partial charge in [-0.2, -0.15) is 0 Å². The van der Waals surface area contributed by atoms with E-state index < -0.39 is 0 Å². The second-order valence-electron chi connectivity index (χ2n) is 8.42. The van der Waals surface area contributed by atoms with Crippen LogP contribution in [0.5, 0.6) is 0 Å². The first kappa shape index (κ1) is 19.2. The third kappa shape index (κ3) is 6.36. The molecule has 3 heteroatoms. The van der Waals surface area contributed by atoms with Crippen LogP contribution in [0.25, 0.3) is 0 Å². The Morgan fingerprint density at radius 3 is 1.91 bits per heavy atom. The van der Waals surface area contributed by atoms with E-state index in [1.165, 1.54) is 64.7 Å². The van der Waals surface area contributed by atoms with Crippen LogP contribution in [-0.4, -0.2) is 60.3 Å². The molecule has 0 spiro atoms. The number of ether oxygens (including phenoxy) is 1. The van der Waals surface area contributed by atoms with Gasteiger partial charge < -0.3 is 4.74 Å². The van der Waals surface area contributed by atoms with E-state index in [1.54, 1.807) is 0 Å². The highest BCUT2D eigenvalue weighted by atomic mass is 16.5. The molecule has 0 unspecified atom stereocenters. The van der Waals surface area contributed by atoms with Gasteiger partial charge in [-0.1, -0.05) is 0 Å². The Morgan fingerprint density at radius 1 is 0.826 bits per heavy atom. The van der Waals surface area contributed by atoms with Crippen LogP contribution >= 0.6 is 0 Å². The highest BCUT2D eigenvalue weighted by Gasteiger charge is 2.25. The normalized spacial score (nSPS) is 29.3. The highest BCUT2D eigenvalue weighted by molar-refractivity contribution is 4.80. The van der Waals surface area contributed by atoms with Gasteiger partial charge in [0.1, 0.15) is 0 Å². The lowest BCUT2D eigenvalue weighted by Gasteiger charge is -2.40. The molecule has 1 saturated carbocycles. The smallest absolute Gasteiger partial charge is 0.0578 e. The minimum Gasteiger partial charge on any atom is -0.376 e. The van der Waals surface area contributed by atoms with Crippen LogP contribution in [0, 0.1) is 5.92 Å². The fourth-order valence-corrected chi connectivity index (χ4v) is 4.30. The molecular weight excluding hydrogens is 284 g/mol. The molecule has 3 nitrogen and oxygen atoms in total. The van der Waals surface area contributed by atoms with E-state index in [4.69, 9.17) is 4.74 Å². The number of rotatable bonds is 7. The first-order chi connectivity index (χ1) is 11.0. The number of nitrogens with zero attached hydrogens (tertiary/aromatic N) is 2. The van der Waals surface area contributed by atoms with E-state index >= 15 is 0 Å². The second-order valence-corrected chi connectivity index (χ2v) is 8.42. The van der Waals surface area contributed by atoms with Crippen molar-refractivity contribution in [3.63, 3.8) is 0 Å². The summed E-state index contributed by atoms with van der Waals surface area (Å²) in [6, 6.07) is 1.46. The Morgan fingerprint density at radius 2 is 1.39 bits per heavy atom. The minimum absolute atomic E-state index is 0.390. The van der Waals surface area contributed by atoms with E-state index in [0.717, 1.165) is 12.0 Å². The van der Waals surface area contributed by atoms with Crippen molar-refractivity contribution in [3.05, 3.63) is 0 Å². The summed E-state index contributed by atoms with van der Waals surface area (Å²) < 4.78 is 5.98. The predicted molar refractivity (Wildman–Crippen MR) is 98.9 cm³/mol. The quantitative estimate of drug-likeness (QED) is 0.699. The molecule has 1 aliphatic heterocycles. The molecule has 0 bridgehead atoms. The summed E-state index contributed by atoms with van der Waals surface area (Å²) in [6.07, 6.45) is 9.04. The van der Waals surface area contributed by atoms with Gasteiger partial charge in [-0.3, -0.25) is 9.80 Å². The van der Waals surface area contributed by atoms with Crippen LogP contribution in [0.1, 0.15) is 73.1 Å². The molecule has 0 N–H and O–H groups in total. The Bertz CT molecular complexity index is 316. The molecule has 0 aromatic carbocycles. The standard InChI is InChI=1S/C20H40N2O/c1-16(2)21-12-14-22(15-13-21)18(5)6-7-19-8-10-20(11-9-19)23-17(3)4/h16-20H,6-15H2,1-5H3/t18-,19?,20?/m1/s1. The van der Waals surface area contributed by atoms with Crippen LogP contribution in [0.3, 0.4) is 0 Å². The number of hydrogen-bond donors (Lipinski definition) is 0. The number of piperazine rings is 1. The van der Waals surface area contributed by atoms with Gasteiger partial charge in [-0.15, -0.1) is 0 Å². The maximum absolute atomic E-state index is 5.98. The van der Waals surface area contributed by atoms with Crippen molar-refractivity contribution in [2.45, 2.75) is 97.4 Å². The molecule has 2 aliphatic rings. The molecule has 1 atom stereocenters. The van der Waals surface area contributed by atoms with Crippen molar-refractivity contribution < 1.29 is 4.74 Å². The lowest BCUT2D eigenvalue weighted by molar-refractivity contribution is -0.0209. The van der Waals surface area contributed by atoms with Gasteiger partial charge in [0.05, 0.1) is 12.2 Å². The van der Waals surface area contributed by atoms with Gasteiger partial charge >= 0.3 is 0 Å². The van der Waals surface area contributed by atoms with E-state index in [2.05, 4.69) is 44.4 Å². The Balaban J connectivity index is 1.61. The van der Waals surface area contributed by atoms with Gasteiger partial charge in [0.15, 0.2) is 0 Å². The monoisotopic (exact) mass is 324 g/mol. The maximum atomic E-state index is 5.98. The number of hydrogen-bond acceptors (Lipinski definition) is 3. The lowest BCUT2D eigenvalue weighted by Crippen LogP contribution is -2.51. The fraction of sp³-hybridized carbons (Fsp3) is 1.00.